The molecule has 2 saturated heterocycles. The number of Topliss-reactive ketones (excluding diaryl/α,β-unsaturated/α-hetero) is 1. The highest BCUT2D eigenvalue weighted by atomic mass is 35.5. The third-order valence-electron chi connectivity index (χ3n) is 5.47. The van der Waals surface area contributed by atoms with Crippen molar-refractivity contribution >= 4 is 33.1 Å². The summed E-state index contributed by atoms with van der Waals surface area (Å²) in [5.41, 5.74) is -0.0353. The van der Waals surface area contributed by atoms with Crippen LogP contribution in [0.4, 0.5) is 5.69 Å². The van der Waals surface area contributed by atoms with Gasteiger partial charge in [0, 0.05) is 50.1 Å². The van der Waals surface area contributed by atoms with Crippen molar-refractivity contribution in [2.75, 3.05) is 56.7 Å². The van der Waals surface area contributed by atoms with Gasteiger partial charge in [-0.25, -0.2) is 8.42 Å². The lowest BCUT2D eigenvalue weighted by Crippen LogP contribution is -2.53. The average molecular weight is 417 g/mol. The molecule has 7 nitrogen and oxygen atoms in total. The molecule has 0 bridgehead atoms. The molecule has 0 radical (unpaired) electrons. The summed E-state index contributed by atoms with van der Waals surface area (Å²) in [5.74, 6) is -0.668. The number of piperazine rings is 1. The molecule has 0 aromatic heterocycles. The fourth-order valence-electron chi connectivity index (χ4n) is 3.75. The Morgan fingerprint density at radius 2 is 1.70 bits per heavy atom. The van der Waals surface area contributed by atoms with Crippen molar-refractivity contribution in [1.29, 1.82) is 0 Å². The maximum atomic E-state index is 13.0. The van der Waals surface area contributed by atoms with Gasteiger partial charge >= 0.3 is 0 Å². The Labute approximate surface area is 164 Å². The monoisotopic (exact) mass is 416 g/mol. The fourth-order valence-corrected chi connectivity index (χ4v) is 5.93. The van der Waals surface area contributed by atoms with Crippen molar-refractivity contribution in [3.63, 3.8) is 0 Å². The van der Waals surface area contributed by atoms with E-state index in [1.807, 2.05) is 24.3 Å². The Balaban J connectivity index is 1.67. The van der Waals surface area contributed by atoms with Gasteiger partial charge in [-0.1, -0.05) is 11.6 Å². The number of rotatable bonds is 6. The molecule has 2 heterocycles. The summed E-state index contributed by atoms with van der Waals surface area (Å²) < 4.78 is 32.7. The number of carbonyl (C=O) groups is 1. The first-order valence-corrected chi connectivity index (χ1v) is 11.1. The van der Waals surface area contributed by atoms with Crippen molar-refractivity contribution in [1.82, 2.24) is 4.31 Å². The van der Waals surface area contributed by atoms with Crippen LogP contribution in [0.2, 0.25) is 5.02 Å². The Hall–Kier alpha value is -1.19. The number of ketones is 1. The summed E-state index contributed by atoms with van der Waals surface area (Å²) in [5, 5.41) is 9.99. The molecule has 150 valence electrons. The van der Waals surface area contributed by atoms with Gasteiger partial charge in [0.25, 0.3) is 0 Å². The highest BCUT2D eigenvalue weighted by Crippen LogP contribution is 2.34. The third-order valence-corrected chi connectivity index (χ3v) is 7.79. The molecule has 2 fully saturated rings. The second-order valence-electron chi connectivity index (χ2n) is 7.09. The van der Waals surface area contributed by atoms with E-state index in [2.05, 4.69) is 4.90 Å². The number of hydrogen-bond donors (Lipinski definition) is 1. The molecule has 0 saturated carbocycles. The van der Waals surface area contributed by atoms with Crippen LogP contribution in [0.25, 0.3) is 0 Å². The number of hydrogen-bond acceptors (Lipinski definition) is 6. The molecule has 3 rings (SSSR count). The van der Waals surface area contributed by atoms with Crippen molar-refractivity contribution < 1.29 is 23.1 Å². The maximum absolute atomic E-state index is 13.0. The van der Waals surface area contributed by atoms with Crippen molar-refractivity contribution in [2.24, 2.45) is 5.41 Å². The van der Waals surface area contributed by atoms with E-state index in [0.717, 1.165) is 5.69 Å². The molecule has 0 atom stereocenters. The highest BCUT2D eigenvalue weighted by molar-refractivity contribution is 7.89. The van der Waals surface area contributed by atoms with E-state index in [0.29, 0.717) is 57.3 Å². The van der Waals surface area contributed by atoms with Crippen LogP contribution in [-0.4, -0.2) is 75.4 Å². The standard InChI is InChI=1S/C18H25ClN2O5S/c19-15-1-3-16(4-2-15)20-7-9-21(10-8-20)27(24,25)14-18(17(23)13-22)5-11-26-12-6-18/h1-4,22H,5-14H2. The van der Waals surface area contributed by atoms with Crippen LogP contribution in [0, 0.1) is 5.41 Å². The van der Waals surface area contributed by atoms with Gasteiger partial charge in [-0.2, -0.15) is 4.31 Å². The molecule has 2 aliphatic rings. The van der Waals surface area contributed by atoms with Gasteiger partial charge in [0.15, 0.2) is 5.78 Å². The van der Waals surface area contributed by atoms with Gasteiger partial charge in [-0.05, 0) is 37.1 Å². The number of nitrogens with zero attached hydrogens (tertiary/aromatic N) is 2. The summed E-state index contributed by atoms with van der Waals surface area (Å²) in [6.45, 7) is 1.92. The number of halogens is 1. The normalized spacial score (nSPS) is 21.2. The smallest absolute Gasteiger partial charge is 0.215 e. The molecule has 1 aromatic carbocycles. The molecule has 9 heteroatoms. The second-order valence-corrected chi connectivity index (χ2v) is 9.50. The molecular weight excluding hydrogens is 392 g/mol. The molecule has 1 N–H and O–H groups in total. The van der Waals surface area contributed by atoms with E-state index >= 15 is 0 Å². The topological polar surface area (TPSA) is 87.1 Å². The van der Waals surface area contributed by atoms with E-state index in [4.69, 9.17) is 16.3 Å². The number of sulfonamides is 1. The second kappa shape index (κ2) is 8.45. The first-order chi connectivity index (χ1) is 12.9. The number of anilines is 1. The Bertz CT molecular complexity index is 754. The lowest BCUT2D eigenvalue weighted by molar-refractivity contribution is -0.135. The van der Waals surface area contributed by atoms with Gasteiger partial charge in [-0.15, -0.1) is 0 Å². The Kier molecular flexibility index (Phi) is 6.43. The van der Waals surface area contributed by atoms with Crippen molar-refractivity contribution in [3.8, 4) is 0 Å². The zero-order valence-corrected chi connectivity index (χ0v) is 16.7. The molecule has 0 aliphatic carbocycles. The zero-order chi connectivity index (χ0) is 19.5. The number of ether oxygens (including phenoxy) is 1. The Morgan fingerprint density at radius 3 is 2.26 bits per heavy atom. The minimum atomic E-state index is -3.61. The number of aliphatic hydroxyl groups is 1. The van der Waals surface area contributed by atoms with Gasteiger partial charge in [-0.3, -0.25) is 4.79 Å². The van der Waals surface area contributed by atoms with Crippen LogP contribution >= 0.6 is 11.6 Å². The highest BCUT2D eigenvalue weighted by Gasteiger charge is 2.44. The lowest BCUT2D eigenvalue weighted by Gasteiger charge is -2.39. The third kappa shape index (κ3) is 4.63. The van der Waals surface area contributed by atoms with Crippen LogP contribution < -0.4 is 4.90 Å². The number of aliphatic hydroxyl groups excluding tert-OH is 1. The molecule has 0 unspecified atom stereocenters. The number of carbonyl (C=O) groups excluding carboxylic acids is 1. The minimum Gasteiger partial charge on any atom is -0.389 e. The van der Waals surface area contributed by atoms with Crippen LogP contribution in [-0.2, 0) is 19.6 Å². The van der Waals surface area contributed by atoms with Crippen molar-refractivity contribution in [3.05, 3.63) is 29.3 Å². The Morgan fingerprint density at radius 1 is 1.11 bits per heavy atom. The van der Waals surface area contributed by atoms with Crippen LogP contribution in [0.5, 0.6) is 0 Å². The summed E-state index contributed by atoms with van der Waals surface area (Å²) >= 11 is 5.92. The van der Waals surface area contributed by atoms with E-state index in [1.165, 1.54) is 4.31 Å². The van der Waals surface area contributed by atoms with Gasteiger partial charge in [0.1, 0.15) is 6.61 Å². The van der Waals surface area contributed by atoms with Gasteiger partial charge in [0.05, 0.1) is 11.2 Å². The fraction of sp³-hybridized carbons (Fsp3) is 0.611. The quantitative estimate of drug-likeness (QED) is 0.748. The zero-order valence-electron chi connectivity index (χ0n) is 15.1. The molecule has 1 aromatic rings. The molecule has 2 aliphatic heterocycles. The van der Waals surface area contributed by atoms with Crippen LogP contribution in [0.3, 0.4) is 0 Å². The SMILES string of the molecule is O=C(CO)C1(CS(=O)(=O)N2CCN(c3ccc(Cl)cc3)CC2)CCOCC1. The predicted octanol–water partition coefficient (Wildman–Crippen LogP) is 1.15. The van der Waals surface area contributed by atoms with Crippen molar-refractivity contribution in [2.45, 2.75) is 12.8 Å². The first kappa shape index (κ1) is 20.5. The number of benzene rings is 1. The summed E-state index contributed by atoms with van der Waals surface area (Å²) in [6, 6.07) is 7.47. The van der Waals surface area contributed by atoms with E-state index in [9.17, 15) is 18.3 Å². The minimum absolute atomic E-state index is 0.260. The van der Waals surface area contributed by atoms with E-state index in [-0.39, 0.29) is 5.75 Å². The summed E-state index contributed by atoms with van der Waals surface area (Å²) in [4.78, 5) is 14.4. The van der Waals surface area contributed by atoms with Gasteiger partial charge in [0.2, 0.25) is 10.0 Å². The first-order valence-electron chi connectivity index (χ1n) is 9.07. The predicted molar refractivity (Wildman–Crippen MR) is 104 cm³/mol. The van der Waals surface area contributed by atoms with Crippen LogP contribution in [0.15, 0.2) is 24.3 Å². The van der Waals surface area contributed by atoms with E-state index < -0.39 is 27.8 Å². The molecular formula is C18H25ClN2O5S. The summed E-state index contributed by atoms with van der Waals surface area (Å²) in [6.07, 6.45) is 0.659. The average Bonchev–Trinajstić information content (AvgIpc) is 2.68. The van der Waals surface area contributed by atoms with Gasteiger partial charge < -0.3 is 14.7 Å². The summed E-state index contributed by atoms with van der Waals surface area (Å²) in [7, 11) is -3.61. The lowest BCUT2D eigenvalue weighted by atomic mass is 9.78. The largest absolute Gasteiger partial charge is 0.389 e. The van der Waals surface area contributed by atoms with Crippen LogP contribution in [0.1, 0.15) is 12.8 Å². The molecule has 0 amide bonds. The maximum Gasteiger partial charge on any atom is 0.215 e. The molecule has 0 spiro atoms. The van der Waals surface area contributed by atoms with E-state index in [1.54, 1.807) is 0 Å². The molecule has 27 heavy (non-hydrogen) atoms.